The molecule has 0 amide bonds. The van der Waals surface area contributed by atoms with Gasteiger partial charge in [0.15, 0.2) is 0 Å². The van der Waals surface area contributed by atoms with Gasteiger partial charge in [0.25, 0.3) is 0 Å². The van der Waals surface area contributed by atoms with Crippen molar-refractivity contribution in [3.63, 3.8) is 0 Å². The van der Waals surface area contributed by atoms with Gasteiger partial charge in [0.1, 0.15) is 9.15 Å². The fourth-order valence-electron chi connectivity index (χ4n) is 1.75. The lowest BCUT2D eigenvalue weighted by Crippen LogP contribution is -1.92. The van der Waals surface area contributed by atoms with Gasteiger partial charge in [-0.1, -0.05) is 64.7 Å². The van der Waals surface area contributed by atoms with Gasteiger partial charge in [-0.15, -0.1) is 0 Å². The van der Waals surface area contributed by atoms with Gasteiger partial charge >= 0.3 is 0 Å². The van der Waals surface area contributed by atoms with Crippen molar-refractivity contribution in [2.24, 2.45) is 0 Å². The van der Waals surface area contributed by atoms with Crippen molar-refractivity contribution in [1.82, 2.24) is 0 Å². The molecular formula is C12H25O3S2-. The summed E-state index contributed by atoms with van der Waals surface area (Å²) in [6, 6.07) is 0. The highest BCUT2D eigenvalue weighted by molar-refractivity contribution is 8.69. The van der Waals surface area contributed by atoms with E-state index in [0.717, 1.165) is 19.3 Å². The first-order valence-corrected chi connectivity index (χ1v) is 9.57. The van der Waals surface area contributed by atoms with Crippen LogP contribution in [0, 0.1) is 0 Å². The molecular weight excluding hydrogens is 256 g/mol. The van der Waals surface area contributed by atoms with E-state index in [2.05, 4.69) is 6.92 Å². The quantitative estimate of drug-likeness (QED) is 0.307. The van der Waals surface area contributed by atoms with Crippen molar-refractivity contribution in [3.8, 4) is 0 Å². The first-order valence-electron chi connectivity index (χ1n) is 6.66. The zero-order valence-corrected chi connectivity index (χ0v) is 12.5. The zero-order chi connectivity index (χ0) is 13.0. The first-order chi connectivity index (χ1) is 8.06. The highest BCUT2D eigenvalue weighted by atomic mass is 33.1. The molecule has 0 N–H and O–H groups in total. The first kappa shape index (κ1) is 17.3. The van der Waals surface area contributed by atoms with Crippen molar-refractivity contribution in [1.29, 1.82) is 0 Å². The third kappa shape index (κ3) is 16.3. The molecule has 0 aliphatic rings. The summed E-state index contributed by atoms with van der Waals surface area (Å²) in [6.07, 6.45) is 12.2. The molecule has 0 saturated heterocycles. The fourth-order valence-corrected chi connectivity index (χ4v) is 3.24. The van der Waals surface area contributed by atoms with Gasteiger partial charge in [0.2, 0.25) is 0 Å². The van der Waals surface area contributed by atoms with E-state index in [1.165, 1.54) is 44.9 Å². The van der Waals surface area contributed by atoms with Crippen LogP contribution in [0.3, 0.4) is 0 Å². The van der Waals surface area contributed by atoms with E-state index < -0.39 is 9.15 Å². The second kappa shape index (κ2) is 11.4. The molecule has 0 aromatic heterocycles. The normalized spacial score (nSPS) is 11.9. The molecule has 0 atom stereocenters. The predicted molar refractivity (Wildman–Crippen MR) is 74.0 cm³/mol. The molecule has 0 unspecified atom stereocenters. The summed E-state index contributed by atoms with van der Waals surface area (Å²) in [7, 11) is -3.54. The van der Waals surface area contributed by atoms with Gasteiger partial charge in [0.05, 0.1) is 0 Å². The largest absolute Gasteiger partial charge is 0.739 e. The van der Waals surface area contributed by atoms with Crippen LogP contribution in [-0.4, -0.2) is 18.7 Å². The SMILES string of the molecule is CCCCCCCCCCCCSS(=O)(=O)[O-]. The van der Waals surface area contributed by atoms with Crippen molar-refractivity contribution >= 4 is 19.9 Å². The number of unbranched alkanes of at least 4 members (excludes halogenated alkanes) is 9. The van der Waals surface area contributed by atoms with Crippen molar-refractivity contribution in [2.75, 3.05) is 5.75 Å². The Hall–Kier alpha value is 0.260. The minimum absolute atomic E-state index is 0.447. The van der Waals surface area contributed by atoms with Gasteiger partial charge < -0.3 is 4.55 Å². The average molecular weight is 281 g/mol. The van der Waals surface area contributed by atoms with Crippen LogP contribution < -0.4 is 0 Å². The summed E-state index contributed by atoms with van der Waals surface area (Å²) in [5.41, 5.74) is 0. The molecule has 0 aromatic carbocycles. The minimum atomic E-state index is -4.07. The molecule has 0 bridgehead atoms. The van der Waals surface area contributed by atoms with E-state index >= 15 is 0 Å². The molecule has 0 spiro atoms. The van der Waals surface area contributed by atoms with E-state index in [4.69, 9.17) is 0 Å². The molecule has 0 rings (SSSR count). The van der Waals surface area contributed by atoms with Gasteiger partial charge in [-0.05, 0) is 17.2 Å². The third-order valence-electron chi connectivity index (χ3n) is 2.73. The van der Waals surface area contributed by atoms with E-state index in [9.17, 15) is 13.0 Å². The van der Waals surface area contributed by atoms with E-state index in [0.29, 0.717) is 16.5 Å². The maximum absolute atomic E-state index is 10.3. The number of hydrogen-bond acceptors (Lipinski definition) is 4. The Bertz CT molecular complexity index is 250. The molecule has 0 saturated carbocycles. The van der Waals surface area contributed by atoms with E-state index in [-0.39, 0.29) is 0 Å². The second-order valence-electron chi connectivity index (χ2n) is 4.41. The third-order valence-corrected chi connectivity index (χ3v) is 4.84. The smallest absolute Gasteiger partial charge is 0.149 e. The summed E-state index contributed by atoms with van der Waals surface area (Å²) in [5, 5.41) is 0. The Balaban J connectivity index is 3.04. The van der Waals surface area contributed by atoms with Crippen LogP contribution in [0.25, 0.3) is 0 Å². The second-order valence-corrected chi connectivity index (χ2v) is 7.80. The van der Waals surface area contributed by atoms with Crippen LogP contribution in [0.5, 0.6) is 0 Å². The zero-order valence-electron chi connectivity index (χ0n) is 10.8. The lowest BCUT2D eigenvalue weighted by Gasteiger charge is -2.05. The Morgan fingerprint density at radius 2 is 1.24 bits per heavy atom. The maximum atomic E-state index is 10.3. The lowest BCUT2D eigenvalue weighted by atomic mass is 10.1. The molecule has 0 aliphatic carbocycles. The van der Waals surface area contributed by atoms with Gasteiger partial charge in [-0.3, -0.25) is 0 Å². The molecule has 3 nitrogen and oxygen atoms in total. The van der Waals surface area contributed by atoms with E-state index in [1.807, 2.05) is 0 Å². The summed E-state index contributed by atoms with van der Waals surface area (Å²) in [4.78, 5) is 0. The molecule has 17 heavy (non-hydrogen) atoms. The molecule has 0 aromatic rings. The lowest BCUT2D eigenvalue weighted by molar-refractivity contribution is 0.482. The van der Waals surface area contributed by atoms with Crippen molar-refractivity contribution < 1.29 is 13.0 Å². The predicted octanol–water partition coefficient (Wildman–Crippen LogP) is 4.10. The van der Waals surface area contributed by atoms with Gasteiger partial charge in [-0.2, -0.15) is 0 Å². The van der Waals surface area contributed by atoms with Crippen LogP contribution in [0.1, 0.15) is 71.1 Å². The minimum Gasteiger partial charge on any atom is -0.739 e. The van der Waals surface area contributed by atoms with Crippen LogP contribution in [-0.2, 0) is 9.15 Å². The monoisotopic (exact) mass is 281 g/mol. The Morgan fingerprint density at radius 3 is 1.65 bits per heavy atom. The topological polar surface area (TPSA) is 57.2 Å². The molecule has 0 aliphatic heterocycles. The van der Waals surface area contributed by atoms with Crippen LogP contribution in [0.2, 0.25) is 0 Å². The molecule has 0 fully saturated rings. The standard InChI is InChI=1S/C12H26O3S2/c1-2-3-4-5-6-7-8-9-10-11-12-16-17(13,14)15/h2-12H2,1H3,(H,13,14,15)/p-1. The Morgan fingerprint density at radius 1 is 0.824 bits per heavy atom. The van der Waals surface area contributed by atoms with Crippen LogP contribution in [0.4, 0.5) is 0 Å². The fraction of sp³-hybridized carbons (Fsp3) is 1.00. The van der Waals surface area contributed by atoms with Gasteiger partial charge in [0, 0.05) is 5.75 Å². The van der Waals surface area contributed by atoms with E-state index in [1.54, 1.807) is 0 Å². The molecule has 0 heterocycles. The number of hydrogen-bond donors (Lipinski definition) is 0. The number of rotatable bonds is 12. The summed E-state index contributed by atoms with van der Waals surface area (Å²) in [5.74, 6) is 0.447. The molecule has 5 heteroatoms. The van der Waals surface area contributed by atoms with Crippen LogP contribution in [0.15, 0.2) is 0 Å². The molecule has 0 radical (unpaired) electrons. The Kier molecular flexibility index (Phi) is 11.5. The molecule has 104 valence electrons. The van der Waals surface area contributed by atoms with Gasteiger partial charge in [-0.25, -0.2) is 8.42 Å². The highest BCUT2D eigenvalue weighted by Crippen LogP contribution is 2.14. The van der Waals surface area contributed by atoms with Crippen molar-refractivity contribution in [3.05, 3.63) is 0 Å². The average Bonchev–Trinajstić information content (AvgIpc) is 2.24. The summed E-state index contributed by atoms with van der Waals surface area (Å²) in [6.45, 7) is 2.22. The summed E-state index contributed by atoms with van der Waals surface area (Å²) < 4.78 is 30.9. The Labute approximate surface area is 110 Å². The maximum Gasteiger partial charge on any atom is 0.149 e. The van der Waals surface area contributed by atoms with Crippen LogP contribution >= 0.6 is 10.8 Å². The van der Waals surface area contributed by atoms with Crippen molar-refractivity contribution in [2.45, 2.75) is 71.1 Å². The highest BCUT2D eigenvalue weighted by Gasteiger charge is 1.96. The summed E-state index contributed by atoms with van der Waals surface area (Å²) >= 11 is 0.